The second-order valence-electron chi connectivity index (χ2n) is 5.07. The molecule has 112 valence electrons. The van der Waals surface area contributed by atoms with E-state index < -0.39 is 0 Å². The number of benzene rings is 2. The Labute approximate surface area is 132 Å². The van der Waals surface area contributed by atoms with E-state index in [1.54, 1.807) is 0 Å². The summed E-state index contributed by atoms with van der Waals surface area (Å²) in [5.74, 6) is -0.0714. The number of oxazole rings is 1. The van der Waals surface area contributed by atoms with Gasteiger partial charge in [-0.1, -0.05) is 36.0 Å². The number of carbonyl (C=O) groups excluding carboxylic acids is 1. The molecular formula is C17H16N2O2S. The van der Waals surface area contributed by atoms with Crippen LogP contribution in [0.25, 0.3) is 11.1 Å². The number of fused-ring (bicyclic) bond motifs is 1. The highest BCUT2D eigenvalue weighted by Crippen LogP contribution is 2.27. The minimum absolute atomic E-state index is 0.0714. The smallest absolute Gasteiger partial charge is 0.257 e. The van der Waals surface area contributed by atoms with Crippen molar-refractivity contribution in [3.63, 3.8) is 0 Å². The summed E-state index contributed by atoms with van der Waals surface area (Å²) in [4.78, 5) is 16.6. The molecule has 0 bridgehead atoms. The van der Waals surface area contributed by atoms with Crippen LogP contribution in [-0.2, 0) is 4.79 Å². The molecule has 1 N–H and O–H groups in total. The topological polar surface area (TPSA) is 55.1 Å². The molecular weight excluding hydrogens is 296 g/mol. The molecule has 4 nitrogen and oxygen atoms in total. The normalized spacial score (nSPS) is 12.3. The summed E-state index contributed by atoms with van der Waals surface area (Å²) >= 11 is 1.31. The Morgan fingerprint density at radius 1 is 1.23 bits per heavy atom. The summed E-state index contributed by atoms with van der Waals surface area (Å²) in [5.41, 5.74) is 3.44. The van der Waals surface area contributed by atoms with Crippen LogP contribution in [0.15, 0.2) is 58.2 Å². The van der Waals surface area contributed by atoms with Crippen molar-refractivity contribution in [3.8, 4) is 0 Å². The second kappa shape index (κ2) is 6.23. The molecule has 0 saturated heterocycles. The molecule has 0 aliphatic heterocycles. The minimum Gasteiger partial charge on any atom is -0.431 e. The predicted molar refractivity (Wildman–Crippen MR) is 89.1 cm³/mol. The zero-order valence-corrected chi connectivity index (χ0v) is 13.2. The largest absolute Gasteiger partial charge is 0.431 e. The van der Waals surface area contributed by atoms with Crippen molar-refractivity contribution in [2.75, 3.05) is 5.32 Å². The van der Waals surface area contributed by atoms with E-state index in [0.717, 1.165) is 22.4 Å². The molecule has 0 radical (unpaired) electrons. The predicted octanol–water partition coefficient (Wildman–Crippen LogP) is 4.26. The summed E-state index contributed by atoms with van der Waals surface area (Å²) in [6.45, 7) is 3.83. The third kappa shape index (κ3) is 3.31. The van der Waals surface area contributed by atoms with Crippen LogP contribution in [0, 0.1) is 6.92 Å². The molecule has 3 rings (SSSR count). The van der Waals surface area contributed by atoms with E-state index in [0.29, 0.717) is 5.22 Å². The van der Waals surface area contributed by atoms with Gasteiger partial charge in [-0.15, -0.1) is 0 Å². The first kappa shape index (κ1) is 14.7. The fraction of sp³-hybridized carbons (Fsp3) is 0.176. The third-order valence-corrected chi connectivity index (χ3v) is 4.15. The van der Waals surface area contributed by atoms with E-state index >= 15 is 0 Å². The molecule has 3 aromatic rings. The molecule has 0 aliphatic carbocycles. The van der Waals surface area contributed by atoms with Gasteiger partial charge in [0, 0.05) is 5.69 Å². The third-order valence-electron chi connectivity index (χ3n) is 3.21. The zero-order valence-electron chi connectivity index (χ0n) is 12.4. The number of nitrogens with zero attached hydrogens (tertiary/aromatic N) is 1. The number of amides is 1. The highest BCUT2D eigenvalue weighted by atomic mass is 32.2. The van der Waals surface area contributed by atoms with Crippen LogP contribution in [-0.4, -0.2) is 16.1 Å². The van der Waals surface area contributed by atoms with Gasteiger partial charge in [-0.25, -0.2) is 4.98 Å². The average molecular weight is 312 g/mol. The Bertz CT molecular complexity index is 780. The number of nitrogens with one attached hydrogen (secondary N) is 1. The Hall–Kier alpha value is -2.27. The summed E-state index contributed by atoms with van der Waals surface area (Å²) < 4.78 is 5.63. The lowest BCUT2D eigenvalue weighted by Crippen LogP contribution is -2.22. The molecule has 5 heteroatoms. The number of rotatable bonds is 4. The van der Waals surface area contributed by atoms with Gasteiger partial charge < -0.3 is 9.73 Å². The summed E-state index contributed by atoms with van der Waals surface area (Å²) in [5, 5.41) is 3.12. The van der Waals surface area contributed by atoms with Gasteiger partial charge in [-0.2, -0.15) is 0 Å². The number of thioether (sulfide) groups is 1. The first-order chi connectivity index (χ1) is 10.6. The Morgan fingerprint density at radius 3 is 2.82 bits per heavy atom. The fourth-order valence-corrected chi connectivity index (χ4v) is 2.83. The van der Waals surface area contributed by atoms with E-state index in [-0.39, 0.29) is 11.2 Å². The molecule has 0 saturated carbocycles. The van der Waals surface area contributed by atoms with Crippen molar-refractivity contribution < 1.29 is 9.21 Å². The van der Waals surface area contributed by atoms with E-state index in [4.69, 9.17) is 4.42 Å². The summed E-state index contributed by atoms with van der Waals surface area (Å²) in [6.07, 6.45) is 0. The first-order valence-electron chi connectivity index (χ1n) is 7.01. The van der Waals surface area contributed by atoms with E-state index in [9.17, 15) is 4.79 Å². The van der Waals surface area contributed by atoms with Crippen LogP contribution >= 0.6 is 11.8 Å². The van der Waals surface area contributed by atoms with Crippen molar-refractivity contribution in [3.05, 3.63) is 54.1 Å². The lowest BCUT2D eigenvalue weighted by atomic mass is 10.2. The maximum absolute atomic E-state index is 12.2. The fourth-order valence-electron chi connectivity index (χ4n) is 2.07. The van der Waals surface area contributed by atoms with Crippen molar-refractivity contribution in [1.82, 2.24) is 4.98 Å². The number of hydrogen-bond acceptors (Lipinski definition) is 4. The van der Waals surface area contributed by atoms with Gasteiger partial charge in [-0.05, 0) is 43.7 Å². The molecule has 0 aliphatic rings. The molecule has 1 heterocycles. The monoisotopic (exact) mass is 312 g/mol. The van der Waals surface area contributed by atoms with Gasteiger partial charge in [-0.3, -0.25) is 4.79 Å². The molecule has 1 atom stereocenters. The van der Waals surface area contributed by atoms with Gasteiger partial charge in [0.15, 0.2) is 5.58 Å². The second-order valence-corrected chi connectivity index (χ2v) is 6.36. The molecule has 2 aromatic carbocycles. The molecule has 0 fully saturated rings. The number of anilines is 1. The van der Waals surface area contributed by atoms with E-state index in [2.05, 4.69) is 10.3 Å². The van der Waals surface area contributed by atoms with Gasteiger partial charge in [0.05, 0.1) is 5.25 Å². The molecule has 22 heavy (non-hydrogen) atoms. The number of aryl methyl sites for hydroxylation is 1. The maximum atomic E-state index is 12.2. The van der Waals surface area contributed by atoms with Crippen LogP contribution < -0.4 is 5.32 Å². The highest BCUT2D eigenvalue weighted by molar-refractivity contribution is 8.00. The van der Waals surface area contributed by atoms with Crippen LogP contribution in [0.1, 0.15) is 12.5 Å². The zero-order chi connectivity index (χ0) is 15.5. The van der Waals surface area contributed by atoms with Gasteiger partial charge in [0.1, 0.15) is 5.52 Å². The lowest BCUT2D eigenvalue weighted by molar-refractivity contribution is -0.115. The van der Waals surface area contributed by atoms with Gasteiger partial charge in [0.2, 0.25) is 5.91 Å². The van der Waals surface area contributed by atoms with Gasteiger partial charge in [0.25, 0.3) is 5.22 Å². The van der Waals surface area contributed by atoms with Crippen LogP contribution in [0.5, 0.6) is 0 Å². The van der Waals surface area contributed by atoms with Crippen LogP contribution in [0.2, 0.25) is 0 Å². The molecule has 1 amide bonds. The quantitative estimate of drug-likeness (QED) is 0.732. The SMILES string of the molecule is Cc1cccc(NC(=O)[C@@H](C)Sc2nc3ccccc3o2)c1. The van der Waals surface area contributed by atoms with Crippen molar-refractivity contribution in [2.24, 2.45) is 0 Å². The van der Waals surface area contributed by atoms with Gasteiger partial charge >= 0.3 is 0 Å². The van der Waals surface area contributed by atoms with Crippen molar-refractivity contribution >= 4 is 34.5 Å². The molecule has 0 unspecified atom stereocenters. The number of carbonyl (C=O) groups is 1. The molecule has 0 spiro atoms. The van der Waals surface area contributed by atoms with Crippen LogP contribution in [0.3, 0.4) is 0 Å². The number of para-hydroxylation sites is 2. The Balaban J connectivity index is 1.68. The maximum Gasteiger partial charge on any atom is 0.257 e. The minimum atomic E-state index is -0.298. The Kier molecular flexibility index (Phi) is 4.15. The molecule has 1 aromatic heterocycles. The number of hydrogen-bond donors (Lipinski definition) is 1. The van der Waals surface area contributed by atoms with E-state index in [1.165, 1.54) is 11.8 Å². The summed E-state index contributed by atoms with van der Waals surface area (Å²) in [6, 6.07) is 15.3. The Morgan fingerprint density at radius 2 is 2.05 bits per heavy atom. The van der Waals surface area contributed by atoms with Crippen molar-refractivity contribution in [2.45, 2.75) is 24.3 Å². The van der Waals surface area contributed by atoms with E-state index in [1.807, 2.05) is 62.4 Å². The summed E-state index contributed by atoms with van der Waals surface area (Å²) in [7, 11) is 0. The van der Waals surface area contributed by atoms with Crippen molar-refractivity contribution in [1.29, 1.82) is 0 Å². The average Bonchev–Trinajstić information content (AvgIpc) is 2.89. The lowest BCUT2D eigenvalue weighted by Gasteiger charge is -2.10. The van der Waals surface area contributed by atoms with Crippen LogP contribution in [0.4, 0.5) is 5.69 Å². The number of aromatic nitrogens is 1. The standard InChI is InChI=1S/C17H16N2O2S/c1-11-6-5-7-13(10-11)18-16(20)12(2)22-17-19-14-8-3-4-9-15(14)21-17/h3-10,12H,1-2H3,(H,18,20)/t12-/m1/s1. The first-order valence-corrected chi connectivity index (χ1v) is 7.89. The highest BCUT2D eigenvalue weighted by Gasteiger charge is 2.18.